The van der Waals surface area contributed by atoms with Crippen molar-refractivity contribution in [1.82, 2.24) is 9.97 Å². The van der Waals surface area contributed by atoms with E-state index in [2.05, 4.69) is 9.97 Å². The van der Waals surface area contributed by atoms with Crippen LogP contribution >= 0.6 is 0 Å². The lowest BCUT2D eigenvalue weighted by Crippen LogP contribution is -2.06. The minimum absolute atomic E-state index is 0.292. The van der Waals surface area contributed by atoms with Gasteiger partial charge in [-0.25, -0.2) is 0 Å². The van der Waals surface area contributed by atoms with Gasteiger partial charge >= 0.3 is 6.01 Å². The monoisotopic (exact) mass is 226 g/mol. The number of nitrogens with zero attached hydrogens (tertiary/aromatic N) is 2. The van der Waals surface area contributed by atoms with Gasteiger partial charge in [-0.3, -0.25) is 0 Å². The van der Waals surface area contributed by atoms with Crippen LogP contribution in [-0.2, 0) is 0 Å². The lowest BCUT2D eigenvalue weighted by molar-refractivity contribution is 0.266. The van der Waals surface area contributed by atoms with Gasteiger partial charge in [0.15, 0.2) is 0 Å². The quantitative estimate of drug-likeness (QED) is 0.742. The molecule has 0 aliphatic rings. The highest BCUT2D eigenvalue weighted by Gasteiger charge is 2.13. The van der Waals surface area contributed by atoms with Gasteiger partial charge < -0.3 is 14.2 Å². The predicted molar refractivity (Wildman–Crippen MR) is 60.3 cm³/mol. The molecule has 0 bridgehead atoms. The van der Waals surface area contributed by atoms with E-state index in [1.165, 1.54) is 0 Å². The van der Waals surface area contributed by atoms with Crippen LogP contribution in [0.15, 0.2) is 0 Å². The smallest absolute Gasteiger partial charge is 0.323 e. The van der Waals surface area contributed by atoms with Gasteiger partial charge in [0.2, 0.25) is 11.8 Å². The molecule has 90 valence electrons. The van der Waals surface area contributed by atoms with Gasteiger partial charge in [0.25, 0.3) is 0 Å². The first-order valence-corrected chi connectivity index (χ1v) is 5.49. The van der Waals surface area contributed by atoms with Crippen molar-refractivity contribution in [2.45, 2.75) is 27.7 Å². The highest BCUT2D eigenvalue weighted by atomic mass is 16.5. The zero-order valence-corrected chi connectivity index (χ0v) is 10.2. The second-order valence-electron chi connectivity index (χ2n) is 3.04. The van der Waals surface area contributed by atoms with Crippen molar-refractivity contribution in [3.8, 4) is 17.8 Å². The second-order valence-corrected chi connectivity index (χ2v) is 3.04. The molecule has 5 heteroatoms. The Balaban J connectivity index is 3.05. The van der Waals surface area contributed by atoms with Crippen LogP contribution in [0.25, 0.3) is 0 Å². The summed E-state index contributed by atoms with van der Waals surface area (Å²) in [6.45, 7) is 9.17. The van der Waals surface area contributed by atoms with Gasteiger partial charge in [0, 0.05) is 0 Å². The fourth-order valence-electron chi connectivity index (χ4n) is 1.21. The van der Waals surface area contributed by atoms with Crippen molar-refractivity contribution >= 4 is 0 Å². The molecule has 0 saturated heterocycles. The van der Waals surface area contributed by atoms with E-state index in [0.29, 0.717) is 37.6 Å². The Labute approximate surface area is 95.8 Å². The van der Waals surface area contributed by atoms with E-state index in [1.807, 2.05) is 27.7 Å². The molecule has 0 amide bonds. The van der Waals surface area contributed by atoms with E-state index in [0.717, 1.165) is 5.56 Å². The van der Waals surface area contributed by atoms with E-state index in [-0.39, 0.29) is 0 Å². The normalized spacial score (nSPS) is 10.0. The highest BCUT2D eigenvalue weighted by molar-refractivity contribution is 5.35. The summed E-state index contributed by atoms with van der Waals surface area (Å²) >= 11 is 0. The van der Waals surface area contributed by atoms with Crippen molar-refractivity contribution in [2.24, 2.45) is 0 Å². The van der Waals surface area contributed by atoms with Crippen LogP contribution in [0.3, 0.4) is 0 Å². The second kappa shape index (κ2) is 6.15. The Morgan fingerprint density at radius 2 is 1.25 bits per heavy atom. The Hall–Kier alpha value is -1.52. The fraction of sp³-hybridized carbons (Fsp3) is 0.636. The number of aromatic nitrogens is 2. The maximum absolute atomic E-state index is 5.40. The van der Waals surface area contributed by atoms with Gasteiger partial charge in [0.05, 0.1) is 25.4 Å². The van der Waals surface area contributed by atoms with Crippen molar-refractivity contribution in [2.75, 3.05) is 19.8 Å². The lowest BCUT2D eigenvalue weighted by atomic mass is 10.3. The van der Waals surface area contributed by atoms with Gasteiger partial charge in [-0.1, -0.05) is 0 Å². The van der Waals surface area contributed by atoms with Gasteiger partial charge in [-0.15, -0.1) is 0 Å². The summed E-state index contributed by atoms with van der Waals surface area (Å²) < 4.78 is 16.1. The molecule has 0 aromatic carbocycles. The van der Waals surface area contributed by atoms with Crippen LogP contribution in [0.5, 0.6) is 17.8 Å². The summed E-state index contributed by atoms with van der Waals surface area (Å²) in [7, 11) is 0. The third-order valence-corrected chi connectivity index (χ3v) is 1.87. The maximum atomic E-state index is 5.40. The number of rotatable bonds is 6. The van der Waals surface area contributed by atoms with E-state index < -0.39 is 0 Å². The molecule has 0 aliphatic heterocycles. The van der Waals surface area contributed by atoms with E-state index in [1.54, 1.807) is 0 Å². The zero-order chi connectivity index (χ0) is 12.0. The number of ether oxygens (including phenoxy) is 3. The van der Waals surface area contributed by atoms with Crippen molar-refractivity contribution in [1.29, 1.82) is 0 Å². The molecule has 0 radical (unpaired) electrons. The summed E-state index contributed by atoms with van der Waals surface area (Å²) in [5.74, 6) is 1.04. The van der Waals surface area contributed by atoms with Crippen molar-refractivity contribution in [3.05, 3.63) is 5.56 Å². The first-order chi connectivity index (χ1) is 7.72. The van der Waals surface area contributed by atoms with Gasteiger partial charge in [0.1, 0.15) is 0 Å². The molecule has 0 spiro atoms. The molecule has 0 saturated carbocycles. The van der Waals surface area contributed by atoms with Crippen LogP contribution in [0.1, 0.15) is 26.3 Å². The molecule has 0 fully saturated rings. The zero-order valence-electron chi connectivity index (χ0n) is 10.2. The Kier molecular flexibility index (Phi) is 4.82. The first kappa shape index (κ1) is 12.5. The van der Waals surface area contributed by atoms with E-state index in [4.69, 9.17) is 14.2 Å². The fourth-order valence-corrected chi connectivity index (χ4v) is 1.21. The molecule has 1 heterocycles. The standard InChI is InChI=1S/C11H18N2O3/c1-5-14-9-8(4)10(15-6-2)13-11(12-9)16-7-3/h5-7H2,1-4H3. The van der Waals surface area contributed by atoms with Gasteiger partial charge in [-0.2, -0.15) is 9.97 Å². The third kappa shape index (κ3) is 2.98. The maximum Gasteiger partial charge on any atom is 0.323 e. The predicted octanol–water partition coefficient (Wildman–Crippen LogP) is 1.98. The third-order valence-electron chi connectivity index (χ3n) is 1.87. The summed E-state index contributed by atoms with van der Waals surface area (Å²) in [5.41, 5.74) is 0.798. The van der Waals surface area contributed by atoms with Crippen LogP contribution in [-0.4, -0.2) is 29.8 Å². The van der Waals surface area contributed by atoms with E-state index >= 15 is 0 Å². The minimum atomic E-state index is 0.292. The number of hydrogen-bond donors (Lipinski definition) is 0. The highest BCUT2D eigenvalue weighted by Crippen LogP contribution is 2.26. The largest absolute Gasteiger partial charge is 0.478 e. The Bertz CT molecular complexity index is 315. The van der Waals surface area contributed by atoms with Gasteiger partial charge in [-0.05, 0) is 27.7 Å². The molecule has 0 unspecified atom stereocenters. The lowest BCUT2D eigenvalue weighted by Gasteiger charge is -2.12. The summed E-state index contributed by atoms with van der Waals surface area (Å²) in [5, 5.41) is 0. The molecule has 0 N–H and O–H groups in total. The molecule has 5 nitrogen and oxygen atoms in total. The summed E-state index contributed by atoms with van der Waals surface area (Å²) in [6.07, 6.45) is 0. The van der Waals surface area contributed by atoms with Crippen LogP contribution in [0.2, 0.25) is 0 Å². The SMILES string of the molecule is CCOc1nc(OCC)c(C)c(OCC)n1. The molecular formula is C11H18N2O3. The molecular weight excluding hydrogens is 208 g/mol. The topological polar surface area (TPSA) is 53.5 Å². The van der Waals surface area contributed by atoms with Crippen LogP contribution in [0, 0.1) is 6.92 Å². The van der Waals surface area contributed by atoms with Crippen LogP contribution < -0.4 is 14.2 Å². The molecule has 1 rings (SSSR count). The van der Waals surface area contributed by atoms with E-state index in [9.17, 15) is 0 Å². The molecule has 16 heavy (non-hydrogen) atoms. The molecule has 0 aliphatic carbocycles. The molecule has 1 aromatic heterocycles. The Morgan fingerprint density at radius 1 is 0.812 bits per heavy atom. The summed E-state index contributed by atoms with van der Waals surface area (Å²) in [6, 6.07) is 0.292. The average molecular weight is 226 g/mol. The molecule has 0 atom stereocenters. The minimum Gasteiger partial charge on any atom is -0.478 e. The number of hydrogen-bond acceptors (Lipinski definition) is 5. The first-order valence-electron chi connectivity index (χ1n) is 5.49. The average Bonchev–Trinajstić information content (AvgIpc) is 2.26. The van der Waals surface area contributed by atoms with Crippen LogP contribution in [0.4, 0.5) is 0 Å². The molecule has 1 aromatic rings. The van der Waals surface area contributed by atoms with Crippen molar-refractivity contribution < 1.29 is 14.2 Å². The van der Waals surface area contributed by atoms with Crippen molar-refractivity contribution in [3.63, 3.8) is 0 Å². The summed E-state index contributed by atoms with van der Waals surface area (Å²) in [4.78, 5) is 8.32. The Morgan fingerprint density at radius 3 is 1.62 bits per heavy atom.